The molecule has 148 valence electrons. The van der Waals surface area contributed by atoms with Crippen LogP contribution >= 0.6 is 11.6 Å². The Bertz CT molecular complexity index is 1120. The molecule has 0 aliphatic carbocycles. The number of aromatic carboxylic acids is 1. The number of hydrogen-bond acceptors (Lipinski definition) is 2. The molecule has 0 atom stereocenters. The van der Waals surface area contributed by atoms with Crippen molar-refractivity contribution in [3.05, 3.63) is 76.3 Å². The molecule has 29 heavy (non-hydrogen) atoms. The number of benzene rings is 3. The molecule has 0 radical (unpaired) electrons. The summed E-state index contributed by atoms with van der Waals surface area (Å²) >= 11 is 6.44. The zero-order valence-corrected chi connectivity index (χ0v) is 15.6. The Balaban J connectivity index is 1.90. The number of alkyl halides is 3. The van der Waals surface area contributed by atoms with Crippen LogP contribution in [0.3, 0.4) is 0 Å². The maximum absolute atomic E-state index is 13.2. The fraction of sp³-hybridized carbons (Fsp3) is 0.136. The monoisotopic (exact) mass is 418 g/mol. The molecule has 0 fully saturated rings. The lowest BCUT2D eigenvalue weighted by molar-refractivity contribution is -0.138. The van der Waals surface area contributed by atoms with Crippen molar-refractivity contribution in [3.8, 4) is 28.0 Å². The predicted octanol–water partition coefficient (Wildman–Crippen LogP) is 6.33. The van der Waals surface area contributed by atoms with Crippen LogP contribution in [0.4, 0.5) is 13.2 Å². The van der Waals surface area contributed by atoms with Gasteiger partial charge in [0.15, 0.2) is 0 Å². The molecule has 3 aromatic rings. The number of rotatable bonds is 3. The highest BCUT2D eigenvalue weighted by atomic mass is 35.5. The number of carboxylic acid groups (broad SMARTS) is 1. The van der Waals surface area contributed by atoms with Crippen LogP contribution < -0.4 is 4.74 Å². The van der Waals surface area contributed by atoms with Crippen molar-refractivity contribution in [1.82, 2.24) is 0 Å². The third-order valence-corrected chi connectivity index (χ3v) is 5.17. The van der Waals surface area contributed by atoms with Gasteiger partial charge in [-0.05, 0) is 52.6 Å². The first-order chi connectivity index (χ1) is 13.8. The van der Waals surface area contributed by atoms with Gasteiger partial charge in [0, 0.05) is 17.0 Å². The summed E-state index contributed by atoms with van der Waals surface area (Å²) in [6.07, 6.45) is -4.00. The average Bonchev–Trinajstić information content (AvgIpc) is 3.14. The van der Waals surface area contributed by atoms with E-state index in [9.17, 15) is 23.1 Å². The van der Waals surface area contributed by atoms with Gasteiger partial charge in [0.1, 0.15) is 5.75 Å². The molecule has 4 rings (SSSR count). The van der Waals surface area contributed by atoms with Gasteiger partial charge in [0.2, 0.25) is 0 Å². The molecule has 0 bridgehead atoms. The highest BCUT2D eigenvalue weighted by molar-refractivity contribution is 6.34. The van der Waals surface area contributed by atoms with E-state index < -0.39 is 23.3 Å². The molecule has 7 heteroatoms. The first-order valence-electron chi connectivity index (χ1n) is 8.75. The number of carbonyl (C=O) groups is 1. The zero-order chi connectivity index (χ0) is 20.8. The van der Waals surface area contributed by atoms with Gasteiger partial charge < -0.3 is 9.84 Å². The van der Waals surface area contributed by atoms with Gasteiger partial charge in [-0.2, -0.15) is 13.2 Å². The number of carboxylic acids is 1. The van der Waals surface area contributed by atoms with Crippen LogP contribution in [-0.4, -0.2) is 17.7 Å². The Morgan fingerprint density at radius 2 is 1.79 bits per heavy atom. The Hall–Kier alpha value is -2.99. The Labute approximate surface area is 169 Å². The number of fused-ring (bicyclic) bond motifs is 1. The molecule has 0 spiro atoms. The van der Waals surface area contributed by atoms with Crippen molar-refractivity contribution in [1.29, 1.82) is 0 Å². The SMILES string of the molecule is O=C(O)c1cc(-c2cccc(Cl)c2-c2ccc3c(c2)CCO3)ccc1C(F)(F)F. The van der Waals surface area contributed by atoms with Crippen molar-refractivity contribution in [2.45, 2.75) is 12.6 Å². The van der Waals surface area contributed by atoms with E-state index >= 15 is 0 Å². The van der Waals surface area contributed by atoms with Crippen molar-refractivity contribution in [2.24, 2.45) is 0 Å². The molecular formula is C22H14ClF3O3. The predicted molar refractivity (Wildman–Crippen MR) is 103 cm³/mol. The Morgan fingerprint density at radius 1 is 1.03 bits per heavy atom. The lowest BCUT2D eigenvalue weighted by Crippen LogP contribution is -2.13. The van der Waals surface area contributed by atoms with E-state index in [2.05, 4.69) is 0 Å². The molecule has 3 aromatic carbocycles. The molecule has 1 aliphatic rings. The van der Waals surface area contributed by atoms with E-state index in [-0.39, 0.29) is 0 Å². The lowest BCUT2D eigenvalue weighted by atomic mass is 9.91. The van der Waals surface area contributed by atoms with E-state index in [4.69, 9.17) is 16.3 Å². The topological polar surface area (TPSA) is 46.5 Å². The molecular weight excluding hydrogens is 405 g/mol. The maximum atomic E-state index is 13.2. The Kier molecular flexibility index (Phi) is 4.74. The second-order valence-electron chi connectivity index (χ2n) is 6.65. The molecule has 0 aromatic heterocycles. The third kappa shape index (κ3) is 3.56. The fourth-order valence-electron chi connectivity index (χ4n) is 3.54. The molecule has 0 unspecified atom stereocenters. The van der Waals surface area contributed by atoms with Gasteiger partial charge >= 0.3 is 12.1 Å². The van der Waals surface area contributed by atoms with Gasteiger partial charge in [-0.1, -0.05) is 35.9 Å². The largest absolute Gasteiger partial charge is 0.493 e. The standard InChI is InChI=1S/C22H14ClF3O3/c23-18-3-1-2-15(20(18)14-5-7-19-13(10-14)8-9-29-19)12-4-6-17(22(24,25)26)16(11-12)21(27)28/h1-7,10-11H,8-9H2,(H,27,28). The molecule has 0 saturated carbocycles. The van der Waals surface area contributed by atoms with Gasteiger partial charge in [-0.3, -0.25) is 0 Å². The van der Waals surface area contributed by atoms with Crippen LogP contribution in [0.1, 0.15) is 21.5 Å². The first kappa shape index (κ1) is 19.3. The summed E-state index contributed by atoms with van der Waals surface area (Å²) in [5, 5.41) is 9.72. The van der Waals surface area contributed by atoms with Gasteiger partial charge in [0.25, 0.3) is 0 Å². The highest BCUT2D eigenvalue weighted by Gasteiger charge is 2.35. The molecule has 1 heterocycles. The van der Waals surface area contributed by atoms with Crippen LogP contribution in [-0.2, 0) is 12.6 Å². The smallest absolute Gasteiger partial charge is 0.417 e. The Morgan fingerprint density at radius 3 is 2.52 bits per heavy atom. The van der Waals surface area contributed by atoms with E-state index in [1.54, 1.807) is 18.2 Å². The van der Waals surface area contributed by atoms with Crippen molar-refractivity contribution in [2.75, 3.05) is 6.61 Å². The van der Waals surface area contributed by atoms with E-state index in [0.29, 0.717) is 28.3 Å². The molecule has 0 amide bonds. The second-order valence-corrected chi connectivity index (χ2v) is 7.05. The summed E-state index contributed by atoms with van der Waals surface area (Å²) in [4.78, 5) is 11.5. The fourth-order valence-corrected chi connectivity index (χ4v) is 3.82. The first-order valence-corrected chi connectivity index (χ1v) is 9.13. The number of hydrogen-bond donors (Lipinski definition) is 1. The summed E-state index contributed by atoms with van der Waals surface area (Å²) < 4.78 is 45.1. The van der Waals surface area contributed by atoms with E-state index in [0.717, 1.165) is 35.4 Å². The molecule has 1 aliphatic heterocycles. The lowest BCUT2D eigenvalue weighted by Gasteiger charge is -2.16. The van der Waals surface area contributed by atoms with Gasteiger partial charge in [0.05, 0.1) is 17.7 Å². The zero-order valence-electron chi connectivity index (χ0n) is 14.9. The maximum Gasteiger partial charge on any atom is 0.417 e. The summed E-state index contributed by atoms with van der Waals surface area (Å²) in [5.74, 6) is -0.845. The van der Waals surface area contributed by atoms with Crippen LogP contribution in [0.25, 0.3) is 22.3 Å². The second kappa shape index (κ2) is 7.12. The minimum absolute atomic E-state index is 0.338. The van der Waals surface area contributed by atoms with Crippen LogP contribution in [0.2, 0.25) is 5.02 Å². The molecule has 3 nitrogen and oxygen atoms in total. The number of halogens is 4. The van der Waals surface area contributed by atoms with E-state index in [1.807, 2.05) is 18.2 Å². The molecule has 1 N–H and O–H groups in total. The van der Waals surface area contributed by atoms with E-state index in [1.165, 1.54) is 6.07 Å². The highest BCUT2D eigenvalue weighted by Crippen LogP contribution is 2.41. The van der Waals surface area contributed by atoms with Crippen LogP contribution in [0, 0.1) is 0 Å². The summed E-state index contributed by atoms with van der Waals surface area (Å²) in [7, 11) is 0. The summed E-state index contributed by atoms with van der Waals surface area (Å²) in [6.45, 7) is 0.592. The van der Waals surface area contributed by atoms with Gasteiger partial charge in [-0.25, -0.2) is 4.79 Å². The van der Waals surface area contributed by atoms with Crippen molar-refractivity contribution < 1.29 is 27.8 Å². The minimum atomic E-state index is -4.76. The van der Waals surface area contributed by atoms with Crippen molar-refractivity contribution in [3.63, 3.8) is 0 Å². The van der Waals surface area contributed by atoms with Gasteiger partial charge in [-0.15, -0.1) is 0 Å². The quantitative estimate of drug-likeness (QED) is 0.541. The molecule has 0 saturated heterocycles. The summed E-state index contributed by atoms with van der Waals surface area (Å²) in [5.41, 5.74) is 1.33. The van der Waals surface area contributed by atoms with Crippen LogP contribution in [0.5, 0.6) is 5.75 Å². The normalized spacial score (nSPS) is 13.1. The average molecular weight is 419 g/mol. The van der Waals surface area contributed by atoms with Crippen molar-refractivity contribution >= 4 is 17.6 Å². The van der Waals surface area contributed by atoms with Crippen LogP contribution in [0.15, 0.2) is 54.6 Å². The minimum Gasteiger partial charge on any atom is -0.493 e. The number of ether oxygens (including phenoxy) is 1. The summed E-state index contributed by atoms with van der Waals surface area (Å²) in [6, 6.07) is 13.8. The third-order valence-electron chi connectivity index (χ3n) is 4.86.